The fourth-order valence-electron chi connectivity index (χ4n) is 3.22. The summed E-state index contributed by atoms with van der Waals surface area (Å²) in [5.74, 6) is -0.287. The number of anilines is 1. The molecule has 0 saturated carbocycles. The Labute approximate surface area is 151 Å². The van der Waals surface area contributed by atoms with E-state index in [1.807, 2.05) is 13.0 Å². The fraction of sp³-hybridized carbons (Fsp3) is 0.368. The number of nitrogens with zero attached hydrogens (tertiary/aromatic N) is 3. The summed E-state index contributed by atoms with van der Waals surface area (Å²) in [6, 6.07) is 7.12. The van der Waals surface area contributed by atoms with Crippen LogP contribution in [0.3, 0.4) is 0 Å². The molecule has 26 heavy (non-hydrogen) atoms. The molecule has 1 aliphatic heterocycles. The van der Waals surface area contributed by atoms with E-state index >= 15 is 0 Å². The van der Waals surface area contributed by atoms with Crippen molar-refractivity contribution in [2.24, 2.45) is 13.0 Å². The summed E-state index contributed by atoms with van der Waals surface area (Å²) in [5.41, 5.74) is 1.35. The van der Waals surface area contributed by atoms with Crippen LogP contribution in [0.2, 0.25) is 0 Å². The molecular weight excluding hydrogens is 332 g/mol. The maximum Gasteiger partial charge on any atom is 0.263 e. The van der Waals surface area contributed by atoms with Crippen molar-refractivity contribution in [2.45, 2.75) is 20.3 Å². The van der Waals surface area contributed by atoms with Gasteiger partial charge >= 0.3 is 0 Å². The number of carbonyl (C=O) groups is 2. The van der Waals surface area contributed by atoms with Crippen LogP contribution in [0.15, 0.2) is 35.3 Å². The molecule has 1 N–H and O–H groups in total. The van der Waals surface area contributed by atoms with Crippen molar-refractivity contribution in [1.82, 2.24) is 14.5 Å². The second-order valence-electron chi connectivity index (χ2n) is 6.65. The molecule has 1 fully saturated rings. The molecule has 7 heteroatoms. The first kappa shape index (κ1) is 17.8. The Bertz CT molecular complexity index is 905. The number of nitrogens with one attached hydrogen (secondary N) is 1. The van der Waals surface area contributed by atoms with Gasteiger partial charge in [-0.15, -0.1) is 0 Å². The molecule has 7 nitrogen and oxygen atoms in total. The fourth-order valence-corrected chi connectivity index (χ4v) is 3.22. The van der Waals surface area contributed by atoms with E-state index in [1.165, 1.54) is 4.57 Å². The van der Waals surface area contributed by atoms with E-state index in [1.54, 1.807) is 43.3 Å². The van der Waals surface area contributed by atoms with Gasteiger partial charge < -0.3 is 14.8 Å². The number of rotatable bonds is 3. The van der Waals surface area contributed by atoms with E-state index in [-0.39, 0.29) is 28.9 Å². The molecule has 2 aromatic rings. The standard InChI is InChI=1S/C19H22N4O3/c1-12-10-13(2)22(3)18(25)16(12)19(26)23-9-7-14(11-23)17(24)21-15-6-4-5-8-20-15/h4-6,8,10,14H,7,9,11H2,1-3H3,(H,20,21,24)/t14-/m1/s1. The Morgan fingerprint density at radius 3 is 2.73 bits per heavy atom. The van der Waals surface area contributed by atoms with E-state index < -0.39 is 0 Å². The number of amides is 2. The van der Waals surface area contributed by atoms with Gasteiger partial charge in [0.25, 0.3) is 11.5 Å². The first-order valence-corrected chi connectivity index (χ1v) is 8.57. The van der Waals surface area contributed by atoms with Gasteiger partial charge in [-0.1, -0.05) is 6.07 Å². The van der Waals surface area contributed by atoms with Crippen LogP contribution in [0.1, 0.15) is 28.0 Å². The van der Waals surface area contributed by atoms with Crippen LogP contribution in [0.25, 0.3) is 0 Å². The SMILES string of the molecule is Cc1cc(C)n(C)c(=O)c1C(=O)N1CC[C@@H](C(=O)Nc2ccccn2)C1. The highest BCUT2D eigenvalue weighted by Gasteiger charge is 2.33. The molecule has 136 valence electrons. The van der Waals surface area contributed by atoms with Gasteiger partial charge in [0.1, 0.15) is 11.4 Å². The Kier molecular flexibility index (Phi) is 4.88. The summed E-state index contributed by atoms with van der Waals surface area (Å²) < 4.78 is 1.47. The lowest BCUT2D eigenvalue weighted by atomic mass is 10.1. The maximum atomic E-state index is 12.8. The smallest absolute Gasteiger partial charge is 0.263 e. The van der Waals surface area contributed by atoms with Crippen molar-refractivity contribution >= 4 is 17.6 Å². The molecule has 2 aromatic heterocycles. The Morgan fingerprint density at radius 1 is 1.27 bits per heavy atom. The monoisotopic (exact) mass is 354 g/mol. The predicted octanol–water partition coefficient (Wildman–Crippen LogP) is 1.50. The van der Waals surface area contributed by atoms with Gasteiger partial charge in [0.05, 0.1) is 5.92 Å². The highest BCUT2D eigenvalue weighted by Crippen LogP contribution is 2.20. The average molecular weight is 354 g/mol. The summed E-state index contributed by atoms with van der Waals surface area (Å²) in [7, 11) is 1.65. The number of aryl methyl sites for hydroxylation is 2. The zero-order valence-electron chi connectivity index (χ0n) is 15.2. The maximum absolute atomic E-state index is 12.8. The molecule has 0 bridgehead atoms. The van der Waals surface area contributed by atoms with Crippen LogP contribution in [0.5, 0.6) is 0 Å². The summed E-state index contributed by atoms with van der Waals surface area (Å²) in [4.78, 5) is 43.4. The molecule has 0 radical (unpaired) electrons. The highest BCUT2D eigenvalue weighted by atomic mass is 16.2. The van der Waals surface area contributed by atoms with Crippen LogP contribution in [-0.2, 0) is 11.8 Å². The van der Waals surface area contributed by atoms with Crippen LogP contribution in [0, 0.1) is 19.8 Å². The molecule has 3 rings (SSSR count). The van der Waals surface area contributed by atoms with E-state index in [4.69, 9.17) is 0 Å². The molecule has 0 spiro atoms. The lowest BCUT2D eigenvalue weighted by Gasteiger charge is -2.18. The number of likely N-dealkylation sites (tertiary alicyclic amines) is 1. The predicted molar refractivity (Wildman–Crippen MR) is 98.0 cm³/mol. The van der Waals surface area contributed by atoms with Crippen molar-refractivity contribution in [2.75, 3.05) is 18.4 Å². The van der Waals surface area contributed by atoms with Gasteiger partial charge in [0.2, 0.25) is 5.91 Å². The number of pyridine rings is 2. The first-order chi connectivity index (χ1) is 12.4. The lowest BCUT2D eigenvalue weighted by molar-refractivity contribution is -0.119. The van der Waals surface area contributed by atoms with Crippen molar-refractivity contribution in [3.63, 3.8) is 0 Å². The van der Waals surface area contributed by atoms with Crippen molar-refractivity contribution < 1.29 is 9.59 Å². The van der Waals surface area contributed by atoms with Crippen molar-refractivity contribution in [1.29, 1.82) is 0 Å². The number of carbonyl (C=O) groups excluding carboxylic acids is 2. The van der Waals surface area contributed by atoms with Crippen molar-refractivity contribution in [3.8, 4) is 0 Å². The van der Waals surface area contributed by atoms with Gasteiger partial charge in [-0.2, -0.15) is 0 Å². The van der Waals surface area contributed by atoms with Gasteiger partial charge in [0.15, 0.2) is 0 Å². The third kappa shape index (κ3) is 3.37. The quantitative estimate of drug-likeness (QED) is 0.905. The van der Waals surface area contributed by atoms with Crippen LogP contribution >= 0.6 is 0 Å². The third-order valence-electron chi connectivity index (χ3n) is 4.84. The Morgan fingerprint density at radius 2 is 2.04 bits per heavy atom. The first-order valence-electron chi connectivity index (χ1n) is 8.57. The summed E-state index contributed by atoms with van der Waals surface area (Å²) in [6.45, 7) is 4.35. The average Bonchev–Trinajstić information content (AvgIpc) is 3.11. The van der Waals surface area contributed by atoms with Gasteiger partial charge in [-0.05, 0) is 44.0 Å². The largest absolute Gasteiger partial charge is 0.338 e. The van der Waals surface area contributed by atoms with E-state index in [0.29, 0.717) is 30.9 Å². The van der Waals surface area contributed by atoms with E-state index in [0.717, 1.165) is 5.69 Å². The summed E-state index contributed by atoms with van der Waals surface area (Å²) in [5, 5.41) is 2.77. The normalized spacial score (nSPS) is 16.6. The van der Waals surface area contributed by atoms with E-state index in [2.05, 4.69) is 10.3 Å². The van der Waals surface area contributed by atoms with Crippen molar-refractivity contribution in [3.05, 3.63) is 57.6 Å². The second kappa shape index (κ2) is 7.11. The second-order valence-corrected chi connectivity index (χ2v) is 6.65. The van der Waals surface area contributed by atoms with Crippen LogP contribution in [-0.4, -0.2) is 39.4 Å². The zero-order chi connectivity index (χ0) is 18.8. The van der Waals surface area contributed by atoms with Crippen LogP contribution in [0.4, 0.5) is 5.82 Å². The minimum Gasteiger partial charge on any atom is -0.338 e. The minimum absolute atomic E-state index is 0.160. The van der Waals surface area contributed by atoms with E-state index in [9.17, 15) is 14.4 Å². The highest BCUT2D eigenvalue weighted by molar-refractivity contribution is 5.97. The number of hydrogen-bond acceptors (Lipinski definition) is 4. The molecule has 1 aliphatic rings. The molecule has 1 atom stereocenters. The molecule has 2 amide bonds. The Hall–Kier alpha value is -2.96. The van der Waals surface area contributed by atoms with Gasteiger partial charge in [-0.3, -0.25) is 14.4 Å². The molecule has 0 aromatic carbocycles. The number of hydrogen-bond donors (Lipinski definition) is 1. The van der Waals surface area contributed by atoms with Gasteiger partial charge in [-0.25, -0.2) is 4.98 Å². The Balaban J connectivity index is 1.73. The molecule has 1 saturated heterocycles. The van der Waals surface area contributed by atoms with Crippen LogP contribution < -0.4 is 10.9 Å². The molecule has 0 aliphatic carbocycles. The molecule has 0 unspecified atom stereocenters. The zero-order valence-corrected chi connectivity index (χ0v) is 15.2. The minimum atomic E-state index is -0.310. The summed E-state index contributed by atoms with van der Waals surface area (Å²) in [6.07, 6.45) is 2.17. The lowest BCUT2D eigenvalue weighted by Crippen LogP contribution is -2.37. The molecular formula is C19H22N4O3. The third-order valence-corrected chi connectivity index (χ3v) is 4.84. The number of aromatic nitrogens is 2. The topological polar surface area (TPSA) is 84.3 Å². The summed E-state index contributed by atoms with van der Waals surface area (Å²) >= 11 is 0. The molecule has 3 heterocycles. The van der Waals surface area contributed by atoms with Gasteiger partial charge in [0, 0.05) is 32.0 Å².